The van der Waals surface area contributed by atoms with Gasteiger partial charge in [0.25, 0.3) is 15.9 Å². The van der Waals surface area contributed by atoms with Crippen LogP contribution >= 0.6 is 0 Å². The number of hydrogen-bond donors (Lipinski definition) is 2. The monoisotopic (exact) mass is 529 g/mol. The van der Waals surface area contributed by atoms with Crippen LogP contribution in [0.5, 0.6) is 5.75 Å². The van der Waals surface area contributed by atoms with E-state index >= 15 is 0 Å². The molecule has 3 aromatic carbocycles. The molecule has 36 heavy (non-hydrogen) atoms. The van der Waals surface area contributed by atoms with Crippen LogP contribution in [0.15, 0.2) is 76.5 Å². The molecule has 0 saturated carbocycles. The highest BCUT2D eigenvalue weighted by atomic mass is 32.2. The molecule has 2 N–H and O–H groups in total. The Balaban J connectivity index is 1.56. The minimum absolute atomic E-state index is 0.0557. The quantitative estimate of drug-likeness (QED) is 0.457. The zero-order valence-corrected chi connectivity index (χ0v) is 21.5. The lowest BCUT2D eigenvalue weighted by molar-refractivity contribution is 0.102. The van der Waals surface area contributed by atoms with E-state index in [0.717, 1.165) is 18.4 Å². The van der Waals surface area contributed by atoms with Crippen molar-refractivity contribution in [3.8, 4) is 5.75 Å². The van der Waals surface area contributed by atoms with Crippen LogP contribution in [0, 0.1) is 6.92 Å². The second-order valence-electron chi connectivity index (χ2n) is 8.43. The number of ether oxygens (including phenoxy) is 1. The van der Waals surface area contributed by atoms with E-state index in [1.807, 2.05) is 6.92 Å². The average Bonchev–Trinajstić information content (AvgIpc) is 3.40. The van der Waals surface area contributed by atoms with Gasteiger partial charge in [0.1, 0.15) is 5.75 Å². The van der Waals surface area contributed by atoms with Crippen LogP contribution in [0.3, 0.4) is 0 Å². The van der Waals surface area contributed by atoms with Gasteiger partial charge in [0.2, 0.25) is 10.0 Å². The lowest BCUT2D eigenvalue weighted by atomic mass is 10.2. The summed E-state index contributed by atoms with van der Waals surface area (Å²) in [6.07, 6.45) is 1.62. The average molecular weight is 530 g/mol. The third-order valence-electron chi connectivity index (χ3n) is 5.83. The zero-order chi connectivity index (χ0) is 25.9. The van der Waals surface area contributed by atoms with E-state index in [1.54, 1.807) is 18.2 Å². The van der Waals surface area contributed by atoms with E-state index in [2.05, 4.69) is 10.0 Å². The number of hydrogen-bond acceptors (Lipinski definition) is 6. The van der Waals surface area contributed by atoms with Crippen molar-refractivity contribution in [2.45, 2.75) is 29.6 Å². The summed E-state index contributed by atoms with van der Waals surface area (Å²) < 4.78 is 60.6. The van der Waals surface area contributed by atoms with Crippen LogP contribution in [0.1, 0.15) is 28.8 Å². The molecule has 3 aromatic rings. The molecule has 0 aromatic heterocycles. The lowest BCUT2D eigenvalue weighted by Gasteiger charge is -2.17. The van der Waals surface area contributed by atoms with E-state index < -0.39 is 26.0 Å². The van der Waals surface area contributed by atoms with Gasteiger partial charge in [-0.05, 0) is 68.3 Å². The van der Waals surface area contributed by atoms with Crippen molar-refractivity contribution in [1.29, 1.82) is 0 Å². The largest absolute Gasteiger partial charge is 0.495 e. The number of anilines is 2. The van der Waals surface area contributed by atoms with Gasteiger partial charge < -0.3 is 10.1 Å². The van der Waals surface area contributed by atoms with E-state index in [0.29, 0.717) is 18.8 Å². The maximum atomic E-state index is 13.0. The normalized spacial score (nSPS) is 14.4. The summed E-state index contributed by atoms with van der Waals surface area (Å²) in [5.74, 6) is -0.264. The first-order valence-corrected chi connectivity index (χ1v) is 14.2. The summed E-state index contributed by atoms with van der Waals surface area (Å²) in [7, 11) is -6.12. The Morgan fingerprint density at radius 1 is 0.889 bits per heavy atom. The van der Waals surface area contributed by atoms with E-state index in [9.17, 15) is 21.6 Å². The molecule has 1 aliphatic heterocycles. The summed E-state index contributed by atoms with van der Waals surface area (Å²) in [4.78, 5) is 13.2. The fraction of sp³-hybridized carbons (Fsp3) is 0.240. The minimum atomic E-state index is -3.85. The van der Waals surface area contributed by atoms with Gasteiger partial charge in [-0.1, -0.05) is 23.8 Å². The number of amides is 1. The molecule has 11 heteroatoms. The number of aryl methyl sites for hydroxylation is 1. The minimum Gasteiger partial charge on any atom is -0.495 e. The lowest BCUT2D eigenvalue weighted by Crippen LogP contribution is -2.28. The molecule has 0 bridgehead atoms. The number of methoxy groups -OCH3 is 1. The van der Waals surface area contributed by atoms with Crippen LogP contribution in [0.2, 0.25) is 0 Å². The van der Waals surface area contributed by atoms with Crippen LogP contribution in [0.4, 0.5) is 11.4 Å². The molecule has 1 saturated heterocycles. The zero-order valence-electron chi connectivity index (χ0n) is 19.9. The maximum Gasteiger partial charge on any atom is 0.261 e. The Labute approximate surface area is 211 Å². The number of carbonyl (C=O) groups is 1. The third kappa shape index (κ3) is 5.53. The fourth-order valence-electron chi connectivity index (χ4n) is 3.87. The summed E-state index contributed by atoms with van der Waals surface area (Å²) in [5, 5.41) is 2.68. The van der Waals surface area contributed by atoms with Gasteiger partial charge in [0, 0.05) is 24.3 Å². The molecular weight excluding hydrogens is 502 g/mol. The molecule has 4 rings (SSSR count). The van der Waals surface area contributed by atoms with E-state index in [4.69, 9.17) is 4.74 Å². The molecule has 1 heterocycles. The van der Waals surface area contributed by atoms with Crippen molar-refractivity contribution in [3.63, 3.8) is 0 Å². The van der Waals surface area contributed by atoms with Crippen molar-refractivity contribution >= 4 is 37.3 Å². The first-order chi connectivity index (χ1) is 17.1. The van der Waals surface area contributed by atoms with Crippen LogP contribution < -0.4 is 14.8 Å². The molecule has 190 valence electrons. The molecule has 0 aliphatic carbocycles. The number of benzene rings is 3. The molecule has 0 atom stereocenters. The first kappa shape index (κ1) is 25.7. The van der Waals surface area contributed by atoms with Gasteiger partial charge in [-0.15, -0.1) is 0 Å². The van der Waals surface area contributed by atoms with Crippen molar-refractivity contribution in [3.05, 3.63) is 77.9 Å². The summed E-state index contributed by atoms with van der Waals surface area (Å²) >= 11 is 0. The highest BCUT2D eigenvalue weighted by molar-refractivity contribution is 7.92. The highest BCUT2D eigenvalue weighted by Crippen LogP contribution is 2.30. The summed E-state index contributed by atoms with van der Waals surface area (Å²) in [5.41, 5.74) is 1.50. The Kier molecular flexibility index (Phi) is 7.34. The number of carbonyl (C=O) groups excluding carboxylic acids is 1. The van der Waals surface area contributed by atoms with Gasteiger partial charge in [-0.25, -0.2) is 16.8 Å². The van der Waals surface area contributed by atoms with Gasteiger partial charge in [0.15, 0.2) is 0 Å². The molecule has 1 fully saturated rings. The van der Waals surface area contributed by atoms with Crippen LogP contribution in [-0.2, 0) is 20.0 Å². The molecule has 9 nitrogen and oxygen atoms in total. The molecule has 0 radical (unpaired) electrons. The summed E-state index contributed by atoms with van der Waals surface area (Å²) in [6.45, 7) is 2.78. The topological polar surface area (TPSA) is 122 Å². The maximum absolute atomic E-state index is 13.0. The van der Waals surface area contributed by atoms with E-state index in [-0.39, 0.29) is 26.7 Å². The Morgan fingerprint density at radius 3 is 2.22 bits per heavy atom. The smallest absolute Gasteiger partial charge is 0.261 e. The number of sulfonamides is 2. The predicted molar refractivity (Wildman–Crippen MR) is 137 cm³/mol. The standard InChI is InChI=1S/C25H27N3O6S2/c1-18-8-10-21(11-9-18)35(30,31)27-20-7-5-6-19(16-20)25(29)26-23-17-22(12-13-24(23)34-2)36(32,33)28-14-3-4-15-28/h5-13,16-17,27H,3-4,14-15H2,1-2H3,(H,26,29). The molecule has 0 unspecified atom stereocenters. The van der Waals surface area contributed by atoms with Gasteiger partial charge >= 0.3 is 0 Å². The second-order valence-corrected chi connectivity index (χ2v) is 12.0. The molecule has 1 aliphatic rings. The second kappa shape index (κ2) is 10.3. The van der Waals surface area contributed by atoms with Crippen molar-refractivity contribution in [2.24, 2.45) is 0 Å². The fourth-order valence-corrected chi connectivity index (χ4v) is 6.47. The van der Waals surface area contributed by atoms with Gasteiger partial charge in [0.05, 0.1) is 22.6 Å². The molecule has 1 amide bonds. The first-order valence-electron chi connectivity index (χ1n) is 11.3. The predicted octanol–water partition coefficient (Wildman–Crippen LogP) is 3.84. The van der Waals surface area contributed by atoms with Crippen LogP contribution in [-0.4, -0.2) is 47.2 Å². The Hall–Kier alpha value is -3.41. The molecule has 0 spiro atoms. The highest BCUT2D eigenvalue weighted by Gasteiger charge is 2.28. The van der Waals surface area contributed by atoms with Crippen LogP contribution in [0.25, 0.3) is 0 Å². The Morgan fingerprint density at radius 2 is 1.56 bits per heavy atom. The number of nitrogens with one attached hydrogen (secondary N) is 2. The third-order valence-corrected chi connectivity index (χ3v) is 9.12. The number of nitrogens with zero attached hydrogens (tertiary/aromatic N) is 1. The van der Waals surface area contributed by atoms with E-state index in [1.165, 1.54) is 59.9 Å². The number of rotatable bonds is 8. The Bertz CT molecular complexity index is 1480. The SMILES string of the molecule is COc1ccc(S(=O)(=O)N2CCCC2)cc1NC(=O)c1cccc(NS(=O)(=O)c2ccc(C)cc2)c1. The molecular formula is C25H27N3O6S2. The van der Waals surface area contributed by atoms with Crippen molar-refractivity contribution in [2.75, 3.05) is 30.2 Å². The van der Waals surface area contributed by atoms with Crippen molar-refractivity contribution < 1.29 is 26.4 Å². The van der Waals surface area contributed by atoms with Crippen molar-refractivity contribution in [1.82, 2.24) is 4.31 Å². The summed E-state index contributed by atoms with van der Waals surface area (Å²) in [6, 6.07) is 16.7. The van der Waals surface area contributed by atoms with Gasteiger partial charge in [-0.2, -0.15) is 4.31 Å². The van der Waals surface area contributed by atoms with Gasteiger partial charge in [-0.3, -0.25) is 9.52 Å².